The molecule has 0 spiro atoms. The SMILES string of the molecule is CCCN1C(=O)/C(=C\c2cn(-c3ccccc3)nc2-c2ccc(C)cc2)SC1=S. The van der Waals surface area contributed by atoms with E-state index in [-0.39, 0.29) is 5.91 Å². The van der Waals surface area contributed by atoms with Crippen LogP contribution in [0.4, 0.5) is 0 Å². The molecule has 4 rings (SSSR count). The van der Waals surface area contributed by atoms with Crippen LogP contribution in [0.15, 0.2) is 65.7 Å². The fourth-order valence-electron chi connectivity index (χ4n) is 3.20. The van der Waals surface area contributed by atoms with Crippen LogP contribution in [-0.4, -0.2) is 31.5 Å². The average molecular weight is 420 g/mol. The number of rotatable bonds is 5. The minimum atomic E-state index is -0.0239. The molecule has 1 aliphatic heterocycles. The van der Waals surface area contributed by atoms with Gasteiger partial charge in [-0.25, -0.2) is 4.68 Å². The molecule has 0 N–H and O–H groups in total. The molecule has 4 nitrogen and oxygen atoms in total. The molecule has 0 aliphatic carbocycles. The fraction of sp³-hybridized carbons (Fsp3) is 0.174. The molecule has 29 heavy (non-hydrogen) atoms. The highest BCUT2D eigenvalue weighted by Gasteiger charge is 2.31. The van der Waals surface area contributed by atoms with Crippen LogP contribution in [0.2, 0.25) is 0 Å². The Morgan fingerprint density at radius 2 is 1.83 bits per heavy atom. The van der Waals surface area contributed by atoms with Crippen LogP contribution in [0.3, 0.4) is 0 Å². The van der Waals surface area contributed by atoms with E-state index < -0.39 is 0 Å². The second-order valence-corrected chi connectivity index (χ2v) is 8.59. The number of para-hydroxylation sites is 1. The normalized spacial score (nSPS) is 15.5. The van der Waals surface area contributed by atoms with Gasteiger partial charge in [-0.05, 0) is 31.6 Å². The van der Waals surface area contributed by atoms with E-state index in [9.17, 15) is 4.79 Å². The molecule has 1 fully saturated rings. The molecule has 1 saturated heterocycles. The van der Waals surface area contributed by atoms with Gasteiger partial charge in [0.2, 0.25) is 0 Å². The molecule has 0 unspecified atom stereocenters. The van der Waals surface area contributed by atoms with Crippen LogP contribution in [0.25, 0.3) is 23.0 Å². The predicted octanol–water partition coefficient (Wildman–Crippen LogP) is 5.46. The number of thioether (sulfide) groups is 1. The third kappa shape index (κ3) is 4.04. The number of nitrogens with zero attached hydrogens (tertiary/aromatic N) is 3. The Morgan fingerprint density at radius 3 is 2.52 bits per heavy atom. The number of carbonyl (C=O) groups is 1. The molecule has 0 radical (unpaired) electrons. The molecule has 3 aromatic rings. The molecular weight excluding hydrogens is 398 g/mol. The van der Waals surface area contributed by atoms with E-state index in [4.69, 9.17) is 17.3 Å². The summed E-state index contributed by atoms with van der Waals surface area (Å²) >= 11 is 6.76. The highest BCUT2D eigenvalue weighted by molar-refractivity contribution is 8.26. The quantitative estimate of drug-likeness (QED) is 0.407. The van der Waals surface area contributed by atoms with E-state index in [1.807, 2.05) is 54.2 Å². The first kappa shape index (κ1) is 19.6. The summed E-state index contributed by atoms with van der Waals surface area (Å²) in [5.74, 6) is -0.0239. The highest BCUT2D eigenvalue weighted by Crippen LogP contribution is 2.35. The number of amides is 1. The minimum Gasteiger partial charge on any atom is -0.293 e. The van der Waals surface area contributed by atoms with Gasteiger partial charge in [0.15, 0.2) is 0 Å². The first-order valence-electron chi connectivity index (χ1n) is 9.54. The summed E-state index contributed by atoms with van der Waals surface area (Å²) in [6.45, 7) is 4.75. The van der Waals surface area contributed by atoms with Crippen LogP contribution >= 0.6 is 24.0 Å². The van der Waals surface area contributed by atoms with E-state index in [1.165, 1.54) is 17.3 Å². The van der Waals surface area contributed by atoms with Gasteiger partial charge in [0.25, 0.3) is 5.91 Å². The lowest BCUT2D eigenvalue weighted by Crippen LogP contribution is -2.28. The van der Waals surface area contributed by atoms with Gasteiger partial charge in [0, 0.05) is 23.9 Å². The number of thiocarbonyl (C=S) groups is 1. The van der Waals surface area contributed by atoms with Gasteiger partial charge in [0.05, 0.1) is 16.3 Å². The summed E-state index contributed by atoms with van der Waals surface area (Å²) < 4.78 is 2.48. The molecule has 2 aromatic carbocycles. The van der Waals surface area contributed by atoms with Crippen LogP contribution in [0.1, 0.15) is 24.5 Å². The maximum atomic E-state index is 12.8. The minimum absolute atomic E-state index is 0.0239. The standard InChI is InChI=1S/C23H21N3OS2/c1-3-13-25-22(27)20(29-23(25)28)14-18-15-26(19-7-5-4-6-8-19)24-21(18)17-11-9-16(2)10-12-17/h4-12,14-15H,3,13H2,1-2H3/b20-14+. The van der Waals surface area contributed by atoms with Crippen molar-refractivity contribution >= 4 is 40.3 Å². The van der Waals surface area contributed by atoms with E-state index >= 15 is 0 Å². The van der Waals surface area contributed by atoms with Crippen molar-refractivity contribution in [1.29, 1.82) is 0 Å². The van der Waals surface area contributed by atoms with Crippen LogP contribution < -0.4 is 0 Å². The number of hydrogen-bond donors (Lipinski definition) is 0. The first-order valence-corrected chi connectivity index (χ1v) is 10.8. The van der Waals surface area contributed by atoms with Crippen LogP contribution in [0, 0.1) is 6.92 Å². The molecule has 1 aliphatic rings. The summed E-state index contributed by atoms with van der Waals surface area (Å²) in [7, 11) is 0. The first-order chi connectivity index (χ1) is 14.1. The third-order valence-corrected chi connectivity index (χ3v) is 6.07. The van der Waals surface area contributed by atoms with Gasteiger partial charge in [-0.2, -0.15) is 5.10 Å². The van der Waals surface area contributed by atoms with Crippen molar-refractivity contribution in [3.8, 4) is 16.9 Å². The molecule has 1 aromatic heterocycles. The lowest BCUT2D eigenvalue weighted by molar-refractivity contribution is -0.122. The summed E-state index contributed by atoms with van der Waals surface area (Å²) in [5, 5.41) is 4.83. The lowest BCUT2D eigenvalue weighted by Gasteiger charge is -2.11. The smallest absolute Gasteiger partial charge is 0.266 e. The Balaban J connectivity index is 1.79. The molecule has 146 valence electrons. The van der Waals surface area contributed by atoms with E-state index in [0.29, 0.717) is 15.8 Å². The molecule has 2 heterocycles. The van der Waals surface area contributed by atoms with Gasteiger partial charge in [0.1, 0.15) is 4.32 Å². The predicted molar refractivity (Wildman–Crippen MR) is 124 cm³/mol. The molecule has 0 saturated carbocycles. The van der Waals surface area contributed by atoms with Crippen molar-refractivity contribution in [2.45, 2.75) is 20.3 Å². The number of benzene rings is 2. The van der Waals surface area contributed by atoms with Crippen molar-refractivity contribution < 1.29 is 4.79 Å². The Bertz CT molecular complexity index is 1090. The van der Waals surface area contributed by atoms with Gasteiger partial charge >= 0.3 is 0 Å². The van der Waals surface area contributed by atoms with Crippen molar-refractivity contribution in [1.82, 2.24) is 14.7 Å². The molecule has 6 heteroatoms. The lowest BCUT2D eigenvalue weighted by atomic mass is 10.1. The molecule has 1 amide bonds. The van der Waals surface area contributed by atoms with E-state index in [0.717, 1.165) is 28.9 Å². The van der Waals surface area contributed by atoms with Gasteiger partial charge < -0.3 is 0 Å². The fourth-order valence-corrected chi connectivity index (χ4v) is 4.50. The molecule has 0 bridgehead atoms. The Kier molecular flexibility index (Phi) is 5.65. The van der Waals surface area contributed by atoms with Gasteiger partial charge in [-0.3, -0.25) is 9.69 Å². The summed E-state index contributed by atoms with van der Waals surface area (Å²) in [5.41, 5.74) is 4.92. The largest absolute Gasteiger partial charge is 0.293 e. The van der Waals surface area contributed by atoms with Crippen molar-refractivity contribution in [3.63, 3.8) is 0 Å². The zero-order valence-electron chi connectivity index (χ0n) is 16.3. The topological polar surface area (TPSA) is 38.1 Å². The maximum absolute atomic E-state index is 12.8. The van der Waals surface area contributed by atoms with Gasteiger partial charge in [-0.1, -0.05) is 78.9 Å². The Hall–Kier alpha value is -2.70. The maximum Gasteiger partial charge on any atom is 0.266 e. The highest BCUT2D eigenvalue weighted by atomic mass is 32.2. The zero-order chi connectivity index (χ0) is 20.4. The molecular formula is C23H21N3OS2. The van der Waals surface area contributed by atoms with Crippen LogP contribution in [0.5, 0.6) is 0 Å². The van der Waals surface area contributed by atoms with E-state index in [1.54, 1.807) is 4.90 Å². The van der Waals surface area contributed by atoms with Crippen molar-refractivity contribution in [3.05, 3.63) is 76.8 Å². The number of carbonyl (C=O) groups excluding carboxylic acids is 1. The third-order valence-electron chi connectivity index (χ3n) is 4.70. The van der Waals surface area contributed by atoms with Crippen molar-refractivity contribution in [2.75, 3.05) is 6.54 Å². The Morgan fingerprint density at radius 1 is 1.10 bits per heavy atom. The summed E-state index contributed by atoms with van der Waals surface area (Å²) in [6.07, 6.45) is 4.76. The van der Waals surface area contributed by atoms with E-state index in [2.05, 4.69) is 31.2 Å². The number of hydrogen-bond acceptors (Lipinski definition) is 4. The number of aromatic nitrogens is 2. The van der Waals surface area contributed by atoms with Crippen molar-refractivity contribution in [2.24, 2.45) is 0 Å². The number of aryl methyl sites for hydroxylation is 1. The Labute approximate surface area is 180 Å². The van der Waals surface area contributed by atoms with Gasteiger partial charge in [-0.15, -0.1) is 0 Å². The molecule has 0 atom stereocenters. The second kappa shape index (κ2) is 8.35. The zero-order valence-corrected chi connectivity index (χ0v) is 18.0. The summed E-state index contributed by atoms with van der Waals surface area (Å²) in [6, 6.07) is 18.2. The monoisotopic (exact) mass is 419 g/mol. The second-order valence-electron chi connectivity index (χ2n) is 6.91. The average Bonchev–Trinajstić information content (AvgIpc) is 3.26. The summed E-state index contributed by atoms with van der Waals surface area (Å²) in [4.78, 5) is 15.1. The van der Waals surface area contributed by atoms with Crippen LogP contribution in [-0.2, 0) is 4.79 Å².